The summed E-state index contributed by atoms with van der Waals surface area (Å²) < 4.78 is 0. The van der Waals surface area contributed by atoms with Crippen LogP contribution in [0.25, 0.3) is 0 Å². The lowest BCUT2D eigenvalue weighted by molar-refractivity contribution is -0.141. The van der Waals surface area contributed by atoms with E-state index in [0.29, 0.717) is 30.8 Å². The van der Waals surface area contributed by atoms with E-state index in [2.05, 4.69) is 11.8 Å². The molecule has 0 aromatic heterocycles. The molecule has 2 fully saturated rings. The standard InChI is InChI=1S/C14H25N3O3S/c1-5-12-17(11(8-21-12)13(18)19)14(20)16-6-9(2)10(7-16)15(3)4/h9-12H,5-8H2,1-4H3,(H,18,19). The normalized spacial score (nSPS) is 33.0. The van der Waals surface area contributed by atoms with Gasteiger partial charge in [-0.15, -0.1) is 11.8 Å². The van der Waals surface area contributed by atoms with Crippen LogP contribution in [0.2, 0.25) is 0 Å². The van der Waals surface area contributed by atoms with Gasteiger partial charge < -0.3 is 14.9 Å². The van der Waals surface area contributed by atoms with Crippen molar-refractivity contribution < 1.29 is 14.7 Å². The van der Waals surface area contributed by atoms with Gasteiger partial charge in [0.05, 0.1) is 5.37 Å². The van der Waals surface area contributed by atoms with Gasteiger partial charge in [0, 0.05) is 24.9 Å². The molecular weight excluding hydrogens is 290 g/mol. The predicted octanol–water partition coefficient (Wildman–Crippen LogP) is 1.23. The van der Waals surface area contributed by atoms with Gasteiger partial charge in [0.25, 0.3) is 0 Å². The molecule has 0 aromatic rings. The summed E-state index contributed by atoms with van der Waals surface area (Å²) in [6.07, 6.45) is 0.778. The number of thioether (sulfide) groups is 1. The predicted molar refractivity (Wildman–Crippen MR) is 83.4 cm³/mol. The maximum atomic E-state index is 12.8. The maximum absolute atomic E-state index is 12.8. The van der Waals surface area contributed by atoms with E-state index in [-0.39, 0.29) is 11.4 Å². The van der Waals surface area contributed by atoms with Gasteiger partial charge in [-0.2, -0.15) is 0 Å². The number of nitrogens with zero attached hydrogens (tertiary/aromatic N) is 3. The van der Waals surface area contributed by atoms with Gasteiger partial charge in [-0.25, -0.2) is 9.59 Å². The molecule has 120 valence electrons. The van der Waals surface area contributed by atoms with Gasteiger partial charge in [-0.1, -0.05) is 13.8 Å². The highest BCUT2D eigenvalue weighted by atomic mass is 32.2. The fraction of sp³-hybridized carbons (Fsp3) is 0.857. The largest absolute Gasteiger partial charge is 0.480 e. The molecule has 7 heteroatoms. The lowest BCUT2D eigenvalue weighted by Crippen LogP contribution is -2.51. The number of urea groups is 1. The Bertz CT molecular complexity index is 418. The molecule has 0 radical (unpaired) electrons. The van der Waals surface area contributed by atoms with Gasteiger partial charge in [0.2, 0.25) is 0 Å². The Hall–Kier alpha value is -0.950. The van der Waals surface area contributed by atoms with E-state index < -0.39 is 12.0 Å². The van der Waals surface area contributed by atoms with Crippen molar-refractivity contribution in [1.82, 2.24) is 14.7 Å². The topological polar surface area (TPSA) is 64.1 Å². The molecule has 2 aliphatic rings. The first-order valence-electron chi connectivity index (χ1n) is 7.44. The van der Waals surface area contributed by atoms with Gasteiger partial charge in [-0.3, -0.25) is 4.90 Å². The molecular formula is C14H25N3O3S. The monoisotopic (exact) mass is 315 g/mol. The minimum Gasteiger partial charge on any atom is -0.480 e. The van der Waals surface area contributed by atoms with E-state index in [1.54, 1.807) is 16.7 Å². The minimum absolute atomic E-state index is 0.0210. The zero-order valence-electron chi connectivity index (χ0n) is 13.2. The summed E-state index contributed by atoms with van der Waals surface area (Å²) >= 11 is 1.57. The molecule has 4 atom stereocenters. The molecule has 2 aliphatic heterocycles. The zero-order chi connectivity index (χ0) is 15.7. The molecule has 1 N–H and O–H groups in total. The van der Waals surface area contributed by atoms with Crippen molar-refractivity contribution in [1.29, 1.82) is 0 Å². The Morgan fingerprint density at radius 3 is 2.48 bits per heavy atom. The van der Waals surface area contributed by atoms with Gasteiger partial charge in [0.1, 0.15) is 6.04 Å². The number of aliphatic carboxylic acids is 1. The number of carbonyl (C=O) groups is 2. The van der Waals surface area contributed by atoms with E-state index in [4.69, 9.17) is 0 Å². The average molecular weight is 315 g/mol. The van der Waals surface area contributed by atoms with Crippen molar-refractivity contribution in [2.75, 3.05) is 32.9 Å². The molecule has 2 heterocycles. The molecule has 21 heavy (non-hydrogen) atoms. The molecule has 4 unspecified atom stereocenters. The number of hydrogen-bond acceptors (Lipinski definition) is 4. The van der Waals surface area contributed by atoms with Crippen LogP contribution in [-0.4, -0.2) is 82.2 Å². The molecule has 6 nitrogen and oxygen atoms in total. The van der Waals surface area contributed by atoms with Crippen LogP contribution in [0.3, 0.4) is 0 Å². The second-order valence-electron chi connectivity index (χ2n) is 6.15. The van der Waals surface area contributed by atoms with Crippen LogP contribution in [-0.2, 0) is 4.79 Å². The molecule has 2 amide bonds. The van der Waals surface area contributed by atoms with Crippen LogP contribution >= 0.6 is 11.8 Å². The summed E-state index contributed by atoms with van der Waals surface area (Å²) in [7, 11) is 4.05. The molecule has 2 rings (SSSR count). The molecule has 0 aliphatic carbocycles. The van der Waals surface area contributed by atoms with E-state index >= 15 is 0 Å². The second-order valence-corrected chi connectivity index (χ2v) is 7.36. The van der Waals surface area contributed by atoms with Crippen molar-refractivity contribution in [2.24, 2.45) is 5.92 Å². The van der Waals surface area contributed by atoms with Gasteiger partial charge in [0.15, 0.2) is 0 Å². The lowest BCUT2D eigenvalue weighted by atomic mass is 10.1. The third-order valence-electron chi connectivity index (χ3n) is 4.45. The lowest BCUT2D eigenvalue weighted by Gasteiger charge is -2.31. The number of carbonyl (C=O) groups excluding carboxylic acids is 1. The first-order valence-corrected chi connectivity index (χ1v) is 8.49. The highest BCUT2D eigenvalue weighted by Crippen LogP contribution is 2.33. The van der Waals surface area contributed by atoms with Crippen LogP contribution in [0, 0.1) is 5.92 Å². The summed E-state index contributed by atoms with van der Waals surface area (Å²) in [6, 6.07) is -0.468. The molecule has 0 saturated carbocycles. The number of carboxylic acid groups (broad SMARTS) is 1. The highest BCUT2D eigenvalue weighted by Gasteiger charge is 2.44. The van der Waals surface area contributed by atoms with E-state index in [1.165, 1.54) is 0 Å². The number of hydrogen-bond donors (Lipinski definition) is 1. The number of carboxylic acids is 1. The van der Waals surface area contributed by atoms with Crippen LogP contribution in [0.5, 0.6) is 0 Å². The third-order valence-corrected chi connectivity index (χ3v) is 5.91. The van der Waals surface area contributed by atoms with Crippen LogP contribution in [0.15, 0.2) is 0 Å². The number of rotatable bonds is 3. The first-order chi connectivity index (χ1) is 9.86. The SMILES string of the molecule is CCC1SCC(C(=O)O)N1C(=O)N1CC(C)C(N(C)C)C1. The van der Waals surface area contributed by atoms with Crippen molar-refractivity contribution in [3.63, 3.8) is 0 Å². The maximum Gasteiger partial charge on any atom is 0.327 e. The molecule has 0 spiro atoms. The van der Waals surface area contributed by atoms with Crippen LogP contribution in [0.1, 0.15) is 20.3 Å². The van der Waals surface area contributed by atoms with E-state index in [0.717, 1.165) is 6.42 Å². The van der Waals surface area contributed by atoms with Crippen molar-refractivity contribution in [3.8, 4) is 0 Å². The smallest absolute Gasteiger partial charge is 0.327 e. The quantitative estimate of drug-likeness (QED) is 0.848. The number of likely N-dealkylation sites (tertiary alicyclic amines) is 1. The number of amides is 2. The second kappa shape index (κ2) is 6.44. The van der Waals surface area contributed by atoms with Crippen LogP contribution in [0.4, 0.5) is 4.79 Å². The molecule has 2 saturated heterocycles. The van der Waals surface area contributed by atoms with Gasteiger partial charge >= 0.3 is 12.0 Å². The first kappa shape index (κ1) is 16.4. The van der Waals surface area contributed by atoms with Crippen molar-refractivity contribution in [3.05, 3.63) is 0 Å². The fourth-order valence-corrected chi connectivity index (χ4v) is 4.61. The third kappa shape index (κ3) is 3.13. The molecule has 0 aromatic carbocycles. The minimum atomic E-state index is -0.900. The van der Waals surface area contributed by atoms with Gasteiger partial charge in [-0.05, 0) is 26.4 Å². The van der Waals surface area contributed by atoms with Crippen LogP contribution < -0.4 is 0 Å². The van der Waals surface area contributed by atoms with E-state index in [9.17, 15) is 14.7 Å². The molecule has 0 bridgehead atoms. The summed E-state index contributed by atoms with van der Waals surface area (Å²) in [6.45, 7) is 5.52. The van der Waals surface area contributed by atoms with E-state index in [1.807, 2.05) is 25.9 Å². The summed E-state index contributed by atoms with van der Waals surface area (Å²) in [5, 5.41) is 9.33. The summed E-state index contributed by atoms with van der Waals surface area (Å²) in [5.74, 6) is -0.00847. The average Bonchev–Trinajstić information content (AvgIpc) is 3.00. The summed E-state index contributed by atoms with van der Waals surface area (Å²) in [4.78, 5) is 29.7. The van der Waals surface area contributed by atoms with Crippen molar-refractivity contribution in [2.45, 2.75) is 37.7 Å². The Kier molecular flexibility index (Phi) is 5.03. The Labute approximate surface area is 130 Å². The Balaban J connectivity index is 2.12. The Morgan fingerprint density at radius 2 is 2.00 bits per heavy atom. The fourth-order valence-electron chi connectivity index (χ4n) is 3.27. The highest BCUT2D eigenvalue weighted by molar-refractivity contribution is 8.00. The van der Waals surface area contributed by atoms with Crippen molar-refractivity contribution >= 4 is 23.8 Å². The summed E-state index contributed by atoms with van der Waals surface area (Å²) in [5.41, 5.74) is 0. The Morgan fingerprint density at radius 1 is 1.33 bits per heavy atom. The number of likely N-dealkylation sites (N-methyl/N-ethyl adjacent to an activating group) is 1. The zero-order valence-corrected chi connectivity index (χ0v) is 14.0.